The van der Waals surface area contributed by atoms with Gasteiger partial charge in [0, 0.05) is 28.7 Å². The van der Waals surface area contributed by atoms with Gasteiger partial charge in [0.05, 0.1) is 0 Å². The molecule has 112 valence electrons. The number of aliphatic imine (C=N–C) groups is 1. The monoisotopic (exact) mass is 291 g/mol. The first kappa shape index (κ1) is 14.4. The molecule has 0 aliphatic rings. The van der Waals surface area contributed by atoms with Gasteiger partial charge in [-0.3, -0.25) is 4.99 Å². The lowest BCUT2D eigenvalue weighted by Crippen LogP contribution is -2.14. The average Bonchev–Trinajstić information content (AvgIpc) is 2.84. The Morgan fingerprint density at radius 3 is 2.55 bits per heavy atom. The number of H-pyrrole nitrogens is 1. The molecule has 3 heteroatoms. The van der Waals surface area contributed by atoms with Crippen molar-refractivity contribution in [3.63, 3.8) is 0 Å². The van der Waals surface area contributed by atoms with Crippen LogP contribution in [0.5, 0.6) is 0 Å². The molecular weight excluding hydrogens is 270 g/mol. The van der Waals surface area contributed by atoms with Crippen LogP contribution in [0.25, 0.3) is 10.9 Å². The van der Waals surface area contributed by atoms with Gasteiger partial charge in [-0.2, -0.15) is 0 Å². The summed E-state index contributed by atoms with van der Waals surface area (Å²) in [6.45, 7) is 4.88. The Bertz CT molecular complexity index is 810. The third kappa shape index (κ3) is 2.89. The zero-order chi connectivity index (χ0) is 15.5. The largest absolute Gasteiger partial charge is 0.384 e. The predicted octanol–water partition coefficient (Wildman–Crippen LogP) is 3.73. The number of aromatic amines is 1. The van der Waals surface area contributed by atoms with Crippen LogP contribution in [-0.2, 0) is 6.42 Å². The zero-order valence-electron chi connectivity index (χ0n) is 13.1. The van der Waals surface area contributed by atoms with Crippen molar-refractivity contribution >= 4 is 16.7 Å². The molecule has 0 aliphatic heterocycles. The van der Waals surface area contributed by atoms with Gasteiger partial charge in [0.15, 0.2) is 0 Å². The Balaban J connectivity index is 1.75. The maximum atomic E-state index is 6.08. The second-order valence-corrected chi connectivity index (χ2v) is 5.66. The van der Waals surface area contributed by atoms with Crippen LogP contribution in [-0.4, -0.2) is 17.4 Å². The second kappa shape index (κ2) is 6.06. The van der Waals surface area contributed by atoms with Crippen LogP contribution in [0.4, 0.5) is 0 Å². The molecule has 0 fully saturated rings. The maximum absolute atomic E-state index is 6.08. The molecule has 0 atom stereocenters. The highest BCUT2D eigenvalue weighted by atomic mass is 14.8. The van der Waals surface area contributed by atoms with E-state index in [0.717, 1.165) is 12.0 Å². The number of nitrogens with two attached hydrogens (primary N) is 1. The van der Waals surface area contributed by atoms with E-state index in [1.807, 2.05) is 12.1 Å². The summed E-state index contributed by atoms with van der Waals surface area (Å²) in [4.78, 5) is 7.95. The molecule has 3 nitrogen and oxygen atoms in total. The SMILES string of the molecule is Cc1ccc(C(N)=NCCc2c(C)[nH]c3ccccc23)cc1. The van der Waals surface area contributed by atoms with Crippen molar-refractivity contribution in [2.75, 3.05) is 6.54 Å². The van der Waals surface area contributed by atoms with Crippen LogP contribution >= 0.6 is 0 Å². The van der Waals surface area contributed by atoms with E-state index in [1.54, 1.807) is 0 Å². The van der Waals surface area contributed by atoms with Gasteiger partial charge in [-0.25, -0.2) is 0 Å². The Morgan fingerprint density at radius 2 is 1.77 bits per heavy atom. The molecule has 3 aromatic rings. The number of aromatic nitrogens is 1. The van der Waals surface area contributed by atoms with Gasteiger partial charge in [0.2, 0.25) is 0 Å². The van der Waals surface area contributed by atoms with Gasteiger partial charge >= 0.3 is 0 Å². The fourth-order valence-electron chi connectivity index (χ4n) is 2.76. The molecule has 1 aromatic heterocycles. The van der Waals surface area contributed by atoms with Gasteiger partial charge in [0.25, 0.3) is 0 Å². The molecule has 2 aromatic carbocycles. The summed E-state index contributed by atoms with van der Waals surface area (Å²) < 4.78 is 0. The van der Waals surface area contributed by atoms with E-state index in [4.69, 9.17) is 5.73 Å². The maximum Gasteiger partial charge on any atom is 0.125 e. The molecular formula is C19H21N3. The van der Waals surface area contributed by atoms with E-state index in [9.17, 15) is 0 Å². The normalized spacial score (nSPS) is 12.0. The van der Waals surface area contributed by atoms with E-state index < -0.39 is 0 Å². The molecule has 0 aliphatic carbocycles. The fourth-order valence-corrected chi connectivity index (χ4v) is 2.76. The summed E-state index contributed by atoms with van der Waals surface area (Å²) in [6.07, 6.45) is 0.891. The molecule has 3 rings (SSSR count). The number of para-hydroxylation sites is 1. The highest BCUT2D eigenvalue weighted by Gasteiger charge is 2.07. The summed E-state index contributed by atoms with van der Waals surface area (Å²) in [5.41, 5.74) is 12.0. The molecule has 0 saturated carbocycles. The topological polar surface area (TPSA) is 54.2 Å². The highest BCUT2D eigenvalue weighted by Crippen LogP contribution is 2.22. The molecule has 0 bridgehead atoms. The average molecular weight is 291 g/mol. The molecule has 1 heterocycles. The van der Waals surface area contributed by atoms with E-state index in [0.29, 0.717) is 12.4 Å². The molecule has 0 spiro atoms. The quantitative estimate of drug-likeness (QED) is 0.558. The number of hydrogen-bond donors (Lipinski definition) is 2. The van der Waals surface area contributed by atoms with Crippen molar-refractivity contribution in [3.05, 3.63) is 70.9 Å². The van der Waals surface area contributed by atoms with Gasteiger partial charge in [0.1, 0.15) is 5.84 Å². The van der Waals surface area contributed by atoms with Crippen LogP contribution in [0, 0.1) is 13.8 Å². The minimum Gasteiger partial charge on any atom is -0.384 e. The van der Waals surface area contributed by atoms with Crippen LogP contribution in [0.1, 0.15) is 22.4 Å². The lowest BCUT2D eigenvalue weighted by Gasteiger charge is -2.03. The number of aryl methyl sites for hydroxylation is 2. The molecule has 22 heavy (non-hydrogen) atoms. The van der Waals surface area contributed by atoms with E-state index >= 15 is 0 Å². The lowest BCUT2D eigenvalue weighted by atomic mass is 10.1. The summed E-state index contributed by atoms with van der Waals surface area (Å²) in [6, 6.07) is 16.5. The van der Waals surface area contributed by atoms with E-state index in [-0.39, 0.29) is 0 Å². The first-order chi connectivity index (χ1) is 10.6. The molecule has 3 N–H and O–H groups in total. The van der Waals surface area contributed by atoms with E-state index in [1.165, 1.54) is 27.7 Å². The van der Waals surface area contributed by atoms with Gasteiger partial charge in [-0.15, -0.1) is 0 Å². The van der Waals surface area contributed by atoms with Crippen molar-refractivity contribution in [3.8, 4) is 0 Å². The Morgan fingerprint density at radius 1 is 1.05 bits per heavy atom. The number of nitrogens with zero attached hydrogens (tertiary/aromatic N) is 1. The van der Waals surface area contributed by atoms with Crippen molar-refractivity contribution < 1.29 is 0 Å². The number of hydrogen-bond acceptors (Lipinski definition) is 1. The Kier molecular flexibility index (Phi) is 3.96. The van der Waals surface area contributed by atoms with Gasteiger partial charge in [-0.05, 0) is 31.9 Å². The summed E-state index contributed by atoms with van der Waals surface area (Å²) in [7, 11) is 0. The van der Waals surface area contributed by atoms with Crippen LogP contribution in [0.2, 0.25) is 0 Å². The summed E-state index contributed by atoms with van der Waals surface area (Å²) in [5, 5.41) is 1.28. The standard InChI is InChI=1S/C19H21N3/c1-13-7-9-15(10-8-13)19(20)21-12-11-16-14(2)22-18-6-4-3-5-17(16)18/h3-10,22H,11-12H2,1-2H3,(H2,20,21). The smallest absolute Gasteiger partial charge is 0.125 e. The van der Waals surface area contributed by atoms with Crippen molar-refractivity contribution in [2.45, 2.75) is 20.3 Å². The predicted molar refractivity (Wildman–Crippen MR) is 93.5 cm³/mol. The zero-order valence-corrected chi connectivity index (χ0v) is 13.1. The first-order valence-electron chi connectivity index (χ1n) is 7.58. The van der Waals surface area contributed by atoms with Crippen molar-refractivity contribution in [1.82, 2.24) is 4.98 Å². The molecule has 0 saturated heterocycles. The number of amidine groups is 1. The second-order valence-electron chi connectivity index (χ2n) is 5.66. The minimum atomic E-state index is 0.609. The Hall–Kier alpha value is -2.55. The number of benzene rings is 2. The fraction of sp³-hybridized carbons (Fsp3) is 0.211. The number of fused-ring (bicyclic) bond motifs is 1. The third-order valence-electron chi connectivity index (χ3n) is 4.02. The van der Waals surface area contributed by atoms with Gasteiger partial charge in [-0.1, -0.05) is 48.0 Å². The van der Waals surface area contributed by atoms with Gasteiger partial charge < -0.3 is 10.7 Å². The first-order valence-corrected chi connectivity index (χ1v) is 7.58. The van der Waals surface area contributed by atoms with Crippen LogP contribution in [0.15, 0.2) is 53.5 Å². The number of nitrogens with one attached hydrogen (secondary N) is 1. The highest BCUT2D eigenvalue weighted by molar-refractivity contribution is 5.97. The van der Waals surface area contributed by atoms with E-state index in [2.05, 4.69) is 60.2 Å². The number of rotatable bonds is 4. The lowest BCUT2D eigenvalue weighted by molar-refractivity contribution is 0.960. The van der Waals surface area contributed by atoms with Crippen LogP contribution in [0.3, 0.4) is 0 Å². The van der Waals surface area contributed by atoms with Crippen molar-refractivity contribution in [2.24, 2.45) is 10.7 Å². The van der Waals surface area contributed by atoms with Crippen molar-refractivity contribution in [1.29, 1.82) is 0 Å². The minimum absolute atomic E-state index is 0.609. The summed E-state index contributed by atoms with van der Waals surface area (Å²) >= 11 is 0. The third-order valence-corrected chi connectivity index (χ3v) is 4.02. The molecule has 0 amide bonds. The molecule has 0 unspecified atom stereocenters. The Labute approximate surface area is 130 Å². The molecule has 0 radical (unpaired) electrons. The summed E-state index contributed by atoms with van der Waals surface area (Å²) in [5.74, 6) is 0.609. The van der Waals surface area contributed by atoms with Crippen LogP contribution < -0.4 is 5.73 Å².